The molecule has 0 amide bonds. The molecule has 1 aliphatic rings. The zero-order valence-corrected chi connectivity index (χ0v) is 11.2. The second-order valence-electron chi connectivity index (χ2n) is 5.08. The molecule has 0 heterocycles. The van der Waals surface area contributed by atoms with Crippen molar-refractivity contribution in [1.29, 1.82) is 0 Å². The van der Waals surface area contributed by atoms with E-state index in [1.54, 1.807) is 4.90 Å². The zero-order valence-electron chi connectivity index (χ0n) is 11.2. The summed E-state index contributed by atoms with van der Waals surface area (Å²) in [6, 6.07) is 0.202. The van der Waals surface area contributed by atoms with Gasteiger partial charge < -0.3 is 5.32 Å². The smallest absolute Gasteiger partial charge is 0.317 e. The Morgan fingerprint density at radius 3 is 2.33 bits per heavy atom. The van der Waals surface area contributed by atoms with Gasteiger partial charge in [0.25, 0.3) is 0 Å². The number of hydrogen-bond acceptors (Lipinski definition) is 2. The summed E-state index contributed by atoms with van der Waals surface area (Å²) < 4.78 is 37.1. The number of unbranched alkanes of at least 4 members (excludes halogenated alkanes) is 3. The molecule has 0 spiro atoms. The number of nitrogens with one attached hydrogen (secondary N) is 1. The van der Waals surface area contributed by atoms with Crippen LogP contribution in [0.4, 0.5) is 13.2 Å². The molecule has 5 heteroatoms. The van der Waals surface area contributed by atoms with E-state index in [-0.39, 0.29) is 6.04 Å². The third kappa shape index (κ3) is 7.93. The van der Waals surface area contributed by atoms with Crippen LogP contribution in [0.3, 0.4) is 0 Å². The summed E-state index contributed by atoms with van der Waals surface area (Å²) in [6.07, 6.45) is 1.99. The van der Waals surface area contributed by atoms with E-state index >= 15 is 0 Å². The van der Waals surface area contributed by atoms with Crippen molar-refractivity contribution < 1.29 is 13.2 Å². The Kier molecular flexibility index (Phi) is 7.00. The van der Waals surface area contributed by atoms with Gasteiger partial charge in [-0.05, 0) is 45.3 Å². The van der Waals surface area contributed by atoms with Crippen LogP contribution in [-0.4, -0.2) is 43.3 Å². The number of halogens is 3. The molecular formula is C13H25F3N2. The van der Waals surface area contributed by atoms with Gasteiger partial charge in [-0.15, -0.1) is 0 Å². The molecule has 1 saturated carbocycles. The molecule has 0 unspecified atom stereocenters. The maximum Gasteiger partial charge on any atom is 0.401 e. The van der Waals surface area contributed by atoms with E-state index in [9.17, 15) is 13.2 Å². The SMILES string of the molecule is CCNCCCCCCN(CC(F)(F)F)C1CC1. The van der Waals surface area contributed by atoms with Crippen molar-refractivity contribution in [2.75, 3.05) is 26.2 Å². The number of hydrogen-bond donors (Lipinski definition) is 1. The molecule has 1 aliphatic carbocycles. The fourth-order valence-corrected chi connectivity index (χ4v) is 2.16. The van der Waals surface area contributed by atoms with Gasteiger partial charge in [0.2, 0.25) is 0 Å². The largest absolute Gasteiger partial charge is 0.401 e. The molecule has 0 aromatic carbocycles. The fourth-order valence-electron chi connectivity index (χ4n) is 2.16. The highest BCUT2D eigenvalue weighted by molar-refractivity contribution is 4.85. The molecule has 0 aromatic rings. The number of alkyl halides is 3. The molecule has 0 bridgehead atoms. The van der Waals surface area contributed by atoms with Gasteiger partial charge in [-0.3, -0.25) is 4.90 Å². The normalized spacial score (nSPS) is 16.5. The van der Waals surface area contributed by atoms with Gasteiger partial charge in [0.15, 0.2) is 0 Å². The second-order valence-corrected chi connectivity index (χ2v) is 5.08. The van der Waals surface area contributed by atoms with Gasteiger partial charge in [0.1, 0.15) is 0 Å². The summed E-state index contributed by atoms with van der Waals surface area (Å²) in [4.78, 5) is 1.62. The Hall–Kier alpha value is -0.290. The van der Waals surface area contributed by atoms with Gasteiger partial charge in [-0.2, -0.15) is 13.2 Å². The summed E-state index contributed by atoms with van der Waals surface area (Å²) in [5.41, 5.74) is 0. The highest BCUT2D eigenvalue weighted by Crippen LogP contribution is 2.30. The first-order chi connectivity index (χ1) is 8.53. The first kappa shape index (κ1) is 15.8. The third-order valence-corrected chi connectivity index (χ3v) is 3.24. The third-order valence-electron chi connectivity index (χ3n) is 3.24. The van der Waals surface area contributed by atoms with Crippen molar-refractivity contribution in [3.63, 3.8) is 0 Å². The maximum atomic E-state index is 12.4. The summed E-state index contributed by atoms with van der Waals surface area (Å²) in [5, 5.41) is 3.25. The molecule has 1 N–H and O–H groups in total. The van der Waals surface area contributed by atoms with Crippen molar-refractivity contribution >= 4 is 0 Å². The molecular weight excluding hydrogens is 241 g/mol. The molecule has 1 fully saturated rings. The van der Waals surface area contributed by atoms with E-state index in [0.29, 0.717) is 6.54 Å². The predicted octanol–water partition coefficient (Wildman–Crippen LogP) is 3.18. The molecule has 1 rings (SSSR count). The quantitative estimate of drug-likeness (QED) is 0.611. The lowest BCUT2D eigenvalue weighted by atomic mass is 10.2. The standard InChI is InChI=1S/C13H25F3N2/c1-2-17-9-5-3-4-6-10-18(12-7-8-12)11-13(14,15)16/h12,17H,2-11H2,1H3. The van der Waals surface area contributed by atoms with Crippen molar-refractivity contribution in [3.8, 4) is 0 Å². The molecule has 108 valence electrons. The van der Waals surface area contributed by atoms with E-state index < -0.39 is 12.7 Å². The molecule has 0 aromatic heterocycles. The van der Waals surface area contributed by atoms with Crippen LogP contribution in [0.2, 0.25) is 0 Å². The van der Waals surface area contributed by atoms with Crippen LogP contribution in [0, 0.1) is 0 Å². The van der Waals surface area contributed by atoms with Crippen molar-refractivity contribution in [1.82, 2.24) is 10.2 Å². The highest BCUT2D eigenvalue weighted by atomic mass is 19.4. The highest BCUT2D eigenvalue weighted by Gasteiger charge is 2.37. The van der Waals surface area contributed by atoms with Crippen molar-refractivity contribution in [3.05, 3.63) is 0 Å². The van der Waals surface area contributed by atoms with Crippen LogP contribution < -0.4 is 5.32 Å². The first-order valence-corrected chi connectivity index (χ1v) is 7.04. The van der Waals surface area contributed by atoms with E-state index in [0.717, 1.165) is 51.6 Å². The molecule has 0 saturated heterocycles. The monoisotopic (exact) mass is 266 g/mol. The van der Waals surface area contributed by atoms with E-state index in [4.69, 9.17) is 0 Å². The van der Waals surface area contributed by atoms with Gasteiger partial charge in [-0.1, -0.05) is 19.8 Å². The lowest BCUT2D eigenvalue weighted by Gasteiger charge is -2.23. The number of nitrogens with zero attached hydrogens (tertiary/aromatic N) is 1. The van der Waals surface area contributed by atoms with Crippen LogP contribution >= 0.6 is 0 Å². The van der Waals surface area contributed by atoms with E-state index in [1.165, 1.54) is 0 Å². The van der Waals surface area contributed by atoms with Gasteiger partial charge >= 0.3 is 6.18 Å². The fraction of sp³-hybridized carbons (Fsp3) is 1.00. The van der Waals surface area contributed by atoms with Crippen molar-refractivity contribution in [2.24, 2.45) is 0 Å². The average Bonchev–Trinajstić information content (AvgIpc) is 3.08. The molecule has 0 atom stereocenters. The molecule has 0 aliphatic heterocycles. The molecule has 2 nitrogen and oxygen atoms in total. The minimum atomic E-state index is -4.05. The Bertz CT molecular complexity index is 215. The molecule has 0 radical (unpaired) electrons. The Balaban J connectivity index is 2.04. The second kappa shape index (κ2) is 8.00. The average molecular weight is 266 g/mol. The Labute approximate surface area is 108 Å². The maximum absolute atomic E-state index is 12.4. The summed E-state index contributed by atoms with van der Waals surface area (Å²) in [6.45, 7) is 3.96. The summed E-state index contributed by atoms with van der Waals surface area (Å²) in [5.74, 6) is 0. The lowest BCUT2D eigenvalue weighted by molar-refractivity contribution is -0.147. The van der Waals surface area contributed by atoms with Gasteiger partial charge in [0.05, 0.1) is 6.54 Å². The molecule has 18 heavy (non-hydrogen) atoms. The van der Waals surface area contributed by atoms with E-state index in [2.05, 4.69) is 12.2 Å². The van der Waals surface area contributed by atoms with Gasteiger partial charge in [-0.25, -0.2) is 0 Å². The Morgan fingerprint density at radius 2 is 1.78 bits per heavy atom. The van der Waals surface area contributed by atoms with Gasteiger partial charge in [0, 0.05) is 6.04 Å². The van der Waals surface area contributed by atoms with Crippen LogP contribution in [0.15, 0.2) is 0 Å². The minimum absolute atomic E-state index is 0.202. The Morgan fingerprint density at radius 1 is 1.11 bits per heavy atom. The van der Waals surface area contributed by atoms with Crippen LogP contribution in [-0.2, 0) is 0 Å². The first-order valence-electron chi connectivity index (χ1n) is 7.04. The number of rotatable bonds is 10. The van der Waals surface area contributed by atoms with E-state index in [1.807, 2.05) is 0 Å². The van der Waals surface area contributed by atoms with Crippen LogP contribution in [0.1, 0.15) is 45.4 Å². The lowest BCUT2D eigenvalue weighted by Crippen LogP contribution is -2.36. The van der Waals surface area contributed by atoms with Crippen molar-refractivity contribution in [2.45, 2.75) is 57.7 Å². The summed E-state index contributed by atoms with van der Waals surface area (Å²) in [7, 11) is 0. The van der Waals surface area contributed by atoms with Crippen LogP contribution in [0.25, 0.3) is 0 Å². The predicted molar refractivity (Wildman–Crippen MR) is 67.7 cm³/mol. The topological polar surface area (TPSA) is 15.3 Å². The zero-order chi connectivity index (χ0) is 13.4. The minimum Gasteiger partial charge on any atom is -0.317 e. The summed E-state index contributed by atoms with van der Waals surface area (Å²) >= 11 is 0. The van der Waals surface area contributed by atoms with Crippen LogP contribution in [0.5, 0.6) is 0 Å².